The highest BCUT2D eigenvalue weighted by molar-refractivity contribution is 6.30. The molecule has 0 fully saturated rings. The highest BCUT2D eigenvalue weighted by atomic mass is 35.5. The van der Waals surface area contributed by atoms with Gasteiger partial charge in [0.15, 0.2) is 0 Å². The van der Waals surface area contributed by atoms with Gasteiger partial charge in [-0.05, 0) is 43.2 Å². The molecule has 2 unspecified atom stereocenters. The number of nitrogens with zero attached hydrogens (tertiary/aromatic N) is 3. The quantitative estimate of drug-likeness (QED) is 0.805. The van der Waals surface area contributed by atoms with E-state index in [1.165, 1.54) is 5.56 Å². The molecular weight excluding hydrogens is 284 g/mol. The molecule has 0 saturated carbocycles. The third-order valence-electron chi connectivity index (χ3n) is 3.66. The van der Waals surface area contributed by atoms with Gasteiger partial charge in [-0.1, -0.05) is 41.1 Å². The zero-order valence-corrected chi connectivity index (χ0v) is 12.5. The summed E-state index contributed by atoms with van der Waals surface area (Å²) >= 11 is 5.94. The summed E-state index contributed by atoms with van der Waals surface area (Å²) in [6, 6.07) is 15.8. The van der Waals surface area contributed by atoms with Gasteiger partial charge >= 0.3 is 0 Å². The molecule has 0 aliphatic rings. The van der Waals surface area contributed by atoms with E-state index in [2.05, 4.69) is 10.3 Å². The van der Waals surface area contributed by atoms with Gasteiger partial charge < -0.3 is 5.73 Å². The fourth-order valence-corrected chi connectivity index (χ4v) is 2.62. The first-order valence-electron chi connectivity index (χ1n) is 6.95. The van der Waals surface area contributed by atoms with Crippen molar-refractivity contribution in [2.24, 2.45) is 5.73 Å². The topological polar surface area (TPSA) is 56.7 Å². The van der Waals surface area contributed by atoms with Crippen LogP contribution in [-0.4, -0.2) is 21.0 Å². The summed E-state index contributed by atoms with van der Waals surface area (Å²) in [5.41, 5.74) is 9.26. The monoisotopic (exact) mass is 300 g/mol. The molecule has 108 valence electrons. The van der Waals surface area contributed by atoms with Gasteiger partial charge in [0.05, 0.1) is 11.6 Å². The zero-order valence-electron chi connectivity index (χ0n) is 11.8. The Morgan fingerprint density at radius 3 is 2.57 bits per heavy atom. The number of para-hydroxylation sites is 1. The van der Waals surface area contributed by atoms with Crippen LogP contribution in [0.15, 0.2) is 48.5 Å². The summed E-state index contributed by atoms with van der Waals surface area (Å²) in [4.78, 5) is 0. The number of benzene rings is 2. The van der Waals surface area contributed by atoms with Crippen LogP contribution < -0.4 is 5.73 Å². The molecule has 0 amide bonds. The molecule has 1 aromatic heterocycles. The van der Waals surface area contributed by atoms with Crippen molar-refractivity contribution in [1.82, 2.24) is 15.0 Å². The van der Waals surface area contributed by atoms with Gasteiger partial charge in [0, 0.05) is 11.1 Å². The van der Waals surface area contributed by atoms with E-state index in [0.717, 1.165) is 22.5 Å². The molecule has 4 nitrogen and oxygen atoms in total. The van der Waals surface area contributed by atoms with Gasteiger partial charge in [0.25, 0.3) is 0 Å². The lowest BCUT2D eigenvalue weighted by Gasteiger charge is -2.21. The molecule has 2 atom stereocenters. The minimum atomic E-state index is -0.0363. The average Bonchev–Trinajstić information content (AvgIpc) is 2.90. The SMILES string of the molecule is CC(N)C(Cc1ccc(Cl)cc1)n1nnc2ccccc21. The zero-order chi connectivity index (χ0) is 14.8. The first-order valence-corrected chi connectivity index (χ1v) is 7.33. The molecular formula is C16H17ClN4. The Kier molecular flexibility index (Phi) is 3.90. The van der Waals surface area contributed by atoms with E-state index in [1.807, 2.05) is 60.1 Å². The summed E-state index contributed by atoms with van der Waals surface area (Å²) in [5.74, 6) is 0. The van der Waals surface area contributed by atoms with Crippen LogP contribution in [-0.2, 0) is 6.42 Å². The summed E-state index contributed by atoms with van der Waals surface area (Å²) < 4.78 is 1.93. The highest BCUT2D eigenvalue weighted by Gasteiger charge is 2.20. The Labute approximate surface area is 128 Å². The normalized spacial score (nSPS) is 14.2. The molecule has 0 saturated heterocycles. The lowest BCUT2D eigenvalue weighted by molar-refractivity contribution is 0.393. The number of aromatic nitrogens is 3. The van der Waals surface area contributed by atoms with Gasteiger partial charge in [0.1, 0.15) is 5.52 Å². The van der Waals surface area contributed by atoms with Crippen molar-refractivity contribution in [1.29, 1.82) is 0 Å². The molecule has 0 aliphatic heterocycles. The molecule has 2 aromatic carbocycles. The number of nitrogens with two attached hydrogens (primary N) is 1. The van der Waals surface area contributed by atoms with E-state index in [-0.39, 0.29) is 12.1 Å². The molecule has 5 heteroatoms. The van der Waals surface area contributed by atoms with Crippen molar-refractivity contribution in [3.05, 3.63) is 59.1 Å². The molecule has 1 heterocycles. The first-order chi connectivity index (χ1) is 10.1. The maximum Gasteiger partial charge on any atom is 0.113 e. The van der Waals surface area contributed by atoms with E-state index >= 15 is 0 Å². The Morgan fingerprint density at radius 2 is 1.86 bits per heavy atom. The predicted molar refractivity (Wildman–Crippen MR) is 85.4 cm³/mol. The minimum absolute atomic E-state index is 0.0363. The lowest BCUT2D eigenvalue weighted by Crippen LogP contribution is -2.31. The molecule has 3 aromatic rings. The van der Waals surface area contributed by atoms with Crippen molar-refractivity contribution in [2.75, 3.05) is 0 Å². The second kappa shape index (κ2) is 5.84. The number of halogens is 1. The molecule has 0 aliphatic carbocycles. The molecule has 2 N–H and O–H groups in total. The van der Waals surface area contributed by atoms with Crippen LogP contribution in [0, 0.1) is 0 Å². The third-order valence-corrected chi connectivity index (χ3v) is 3.91. The molecule has 21 heavy (non-hydrogen) atoms. The second-order valence-electron chi connectivity index (χ2n) is 5.28. The van der Waals surface area contributed by atoms with E-state index in [0.29, 0.717) is 0 Å². The highest BCUT2D eigenvalue weighted by Crippen LogP contribution is 2.22. The standard InChI is InChI=1S/C16H17ClN4/c1-11(18)16(10-12-6-8-13(17)9-7-12)21-15-5-3-2-4-14(15)19-20-21/h2-9,11,16H,10,18H2,1H3. The number of fused-ring (bicyclic) bond motifs is 1. The average molecular weight is 301 g/mol. The third kappa shape index (κ3) is 2.91. The predicted octanol–water partition coefficient (Wildman–Crippen LogP) is 3.22. The first kappa shape index (κ1) is 14.0. The fraction of sp³-hybridized carbons (Fsp3) is 0.250. The van der Waals surface area contributed by atoms with E-state index in [4.69, 9.17) is 17.3 Å². The van der Waals surface area contributed by atoms with Crippen LogP contribution in [0.3, 0.4) is 0 Å². The van der Waals surface area contributed by atoms with Crippen molar-refractivity contribution in [3.63, 3.8) is 0 Å². The molecule has 0 bridgehead atoms. The minimum Gasteiger partial charge on any atom is -0.326 e. The Bertz CT molecular complexity index is 733. The van der Waals surface area contributed by atoms with Crippen LogP contribution in [0.4, 0.5) is 0 Å². The number of hydrogen-bond donors (Lipinski definition) is 1. The molecule has 0 spiro atoms. The number of hydrogen-bond acceptors (Lipinski definition) is 3. The van der Waals surface area contributed by atoms with Crippen LogP contribution in [0.25, 0.3) is 11.0 Å². The largest absolute Gasteiger partial charge is 0.326 e. The van der Waals surface area contributed by atoms with Crippen LogP contribution in [0.1, 0.15) is 18.5 Å². The molecule has 0 radical (unpaired) electrons. The van der Waals surface area contributed by atoms with E-state index in [9.17, 15) is 0 Å². The summed E-state index contributed by atoms with van der Waals surface area (Å²) in [6.07, 6.45) is 0.794. The van der Waals surface area contributed by atoms with Crippen molar-refractivity contribution in [3.8, 4) is 0 Å². The Morgan fingerprint density at radius 1 is 1.14 bits per heavy atom. The van der Waals surface area contributed by atoms with Crippen LogP contribution in [0.2, 0.25) is 5.02 Å². The van der Waals surface area contributed by atoms with E-state index in [1.54, 1.807) is 0 Å². The van der Waals surface area contributed by atoms with Crippen molar-refractivity contribution < 1.29 is 0 Å². The van der Waals surface area contributed by atoms with Gasteiger partial charge in [0.2, 0.25) is 0 Å². The lowest BCUT2D eigenvalue weighted by atomic mass is 10.0. The summed E-state index contributed by atoms with van der Waals surface area (Å²) in [7, 11) is 0. The summed E-state index contributed by atoms with van der Waals surface area (Å²) in [5, 5.41) is 9.24. The van der Waals surface area contributed by atoms with Gasteiger partial charge in [-0.15, -0.1) is 5.10 Å². The molecule has 3 rings (SSSR count). The van der Waals surface area contributed by atoms with Crippen LogP contribution in [0.5, 0.6) is 0 Å². The smallest absolute Gasteiger partial charge is 0.113 e. The fourth-order valence-electron chi connectivity index (χ4n) is 2.49. The van der Waals surface area contributed by atoms with Gasteiger partial charge in [-0.25, -0.2) is 4.68 Å². The van der Waals surface area contributed by atoms with Gasteiger partial charge in [-0.2, -0.15) is 0 Å². The maximum atomic E-state index is 6.18. The Hall–Kier alpha value is -1.91. The second-order valence-corrected chi connectivity index (χ2v) is 5.72. The Balaban J connectivity index is 1.96. The van der Waals surface area contributed by atoms with E-state index < -0.39 is 0 Å². The summed E-state index contributed by atoms with van der Waals surface area (Å²) in [6.45, 7) is 2.00. The maximum absolute atomic E-state index is 6.18. The van der Waals surface area contributed by atoms with Crippen molar-refractivity contribution >= 4 is 22.6 Å². The van der Waals surface area contributed by atoms with Crippen LogP contribution >= 0.6 is 11.6 Å². The van der Waals surface area contributed by atoms with Gasteiger partial charge in [-0.3, -0.25) is 0 Å². The number of rotatable bonds is 4. The van der Waals surface area contributed by atoms with Crippen molar-refractivity contribution in [2.45, 2.75) is 25.4 Å².